The number of fused-ring (bicyclic) bond motifs is 2. The minimum Gasteiger partial charge on any atom is -0.463 e. The number of nitrogens with zero attached hydrogens (tertiary/aromatic N) is 6. The van der Waals surface area contributed by atoms with Gasteiger partial charge in [-0.25, -0.2) is 4.79 Å². The number of hydrogen-bond acceptors (Lipinski definition) is 9. The second-order valence-corrected chi connectivity index (χ2v) is 16.0. The molecule has 0 radical (unpaired) electrons. The lowest BCUT2D eigenvalue weighted by Crippen LogP contribution is -2.60. The second kappa shape index (κ2) is 14.5. The molecule has 6 rings (SSSR count). The first-order valence-corrected chi connectivity index (χ1v) is 18.4. The van der Waals surface area contributed by atoms with Gasteiger partial charge in [0.25, 0.3) is 0 Å². The molecular weight excluding hydrogens is 580 g/mol. The molecule has 0 bridgehead atoms. The Morgan fingerprint density at radius 2 is 1.72 bits per heavy atom. The molecule has 2 saturated carbocycles. The molecule has 2 saturated heterocycles. The van der Waals surface area contributed by atoms with Crippen LogP contribution < -0.4 is 9.64 Å². The van der Waals surface area contributed by atoms with Crippen LogP contribution in [-0.4, -0.2) is 114 Å². The van der Waals surface area contributed by atoms with Crippen molar-refractivity contribution in [3.05, 3.63) is 11.3 Å². The fourth-order valence-corrected chi connectivity index (χ4v) is 9.12. The summed E-state index contributed by atoms with van der Waals surface area (Å²) in [6, 6.07) is 1.14. The van der Waals surface area contributed by atoms with Gasteiger partial charge in [-0.2, -0.15) is 9.97 Å². The zero-order valence-corrected chi connectivity index (χ0v) is 29.5. The van der Waals surface area contributed by atoms with Crippen LogP contribution in [0.3, 0.4) is 0 Å². The minimum absolute atomic E-state index is 0.00541. The summed E-state index contributed by atoms with van der Waals surface area (Å²) in [7, 11) is 0. The van der Waals surface area contributed by atoms with E-state index in [-0.39, 0.29) is 18.2 Å². The molecular formula is C36H60N6O4. The number of amides is 1. The quantitative estimate of drug-likeness (QED) is 0.365. The van der Waals surface area contributed by atoms with Gasteiger partial charge in [0.15, 0.2) is 0 Å². The van der Waals surface area contributed by atoms with Gasteiger partial charge < -0.3 is 19.1 Å². The fourth-order valence-electron chi connectivity index (χ4n) is 9.12. The van der Waals surface area contributed by atoms with Crippen LogP contribution in [0.5, 0.6) is 6.01 Å². The molecule has 46 heavy (non-hydrogen) atoms. The predicted molar refractivity (Wildman–Crippen MR) is 180 cm³/mol. The molecule has 4 heterocycles. The average molecular weight is 641 g/mol. The van der Waals surface area contributed by atoms with Crippen molar-refractivity contribution in [3.8, 4) is 6.01 Å². The number of carbonyl (C=O) groups is 1. The largest absolute Gasteiger partial charge is 0.463 e. The Kier molecular flexibility index (Phi) is 10.6. The third-order valence-corrected chi connectivity index (χ3v) is 11.1. The highest BCUT2D eigenvalue weighted by atomic mass is 16.6. The van der Waals surface area contributed by atoms with E-state index in [2.05, 4.69) is 35.5 Å². The molecule has 10 nitrogen and oxygen atoms in total. The summed E-state index contributed by atoms with van der Waals surface area (Å²) >= 11 is 0. The third kappa shape index (κ3) is 7.92. The van der Waals surface area contributed by atoms with Crippen LogP contribution in [-0.2, 0) is 22.4 Å². The standard InChI is InChI=1S/C36H60N6O4/c1-25-20-28-10-7-8-11-29(28)32(21-25)40-14-12-30-31(24-40)37-34(45-17-9-13-39-15-18-44-19-16-39)38-33(30)41-22-26(2)42(27(3)23-41)35(43)46-36(4,5)6/h25-29,32H,7-24H2,1-6H3/t25?,26-,27+,28?,29?,32?. The molecule has 0 spiro atoms. The molecule has 1 amide bonds. The molecule has 2 aliphatic carbocycles. The van der Waals surface area contributed by atoms with Gasteiger partial charge in [-0.3, -0.25) is 14.7 Å². The van der Waals surface area contributed by atoms with Gasteiger partial charge in [0.1, 0.15) is 11.4 Å². The van der Waals surface area contributed by atoms with Crippen LogP contribution in [0.25, 0.3) is 0 Å². The van der Waals surface area contributed by atoms with E-state index in [0.717, 1.165) is 88.0 Å². The van der Waals surface area contributed by atoms with E-state index in [1.54, 1.807) is 0 Å². The molecule has 0 aromatic carbocycles. The Morgan fingerprint density at radius 1 is 0.978 bits per heavy atom. The van der Waals surface area contributed by atoms with Crippen molar-refractivity contribution in [1.29, 1.82) is 0 Å². The molecule has 3 aliphatic heterocycles. The highest BCUT2D eigenvalue weighted by Crippen LogP contribution is 2.46. The predicted octanol–water partition coefficient (Wildman–Crippen LogP) is 5.37. The van der Waals surface area contributed by atoms with Crippen LogP contribution in [0, 0.1) is 17.8 Å². The molecule has 6 atom stereocenters. The van der Waals surface area contributed by atoms with Crippen LogP contribution in [0.4, 0.5) is 10.6 Å². The van der Waals surface area contributed by atoms with Crippen molar-refractivity contribution in [2.75, 3.05) is 64.0 Å². The van der Waals surface area contributed by atoms with E-state index in [0.29, 0.717) is 31.7 Å². The summed E-state index contributed by atoms with van der Waals surface area (Å²) in [5.41, 5.74) is 1.89. The molecule has 1 aromatic heterocycles. The SMILES string of the molecule is CC1CC2CCCCC2C(N2CCc3c(nc(OCCCN4CCOCC4)nc3N3C[C@@H](C)N(C(=O)OC(C)(C)C)[C@@H](C)C3)C2)C1. The maximum absolute atomic E-state index is 13.2. The summed E-state index contributed by atoms with van der Waals surface area (Å²) in [5, 5.41) is 0. The topological polar surface area (TPSA) is 83.5 Å². The number of carbonyl (C=O) groups excluding carboxylic acids is 1. The Balaban J connectivity index is 1.21. The van der Waals surface area contributed by atoms with E-state index >= 15 is 0 Å². The summed E-state index contributed by atoms with van der Waals surface area (Å²) < 4.78 is 17.6. The van der Waals surface area contributed by atoms with E-state index in [1.807, 2.05) is 25.7 Å². The second-order valence-electron chi connectivity index (χ2n) is 16.0. The van der Waals surface area contributed by atoms with Crippen LogP contribution in [0.2, 0.25) is 0 Å². The van der Waals surface area contributed by atoms with Crippen LogP contribution in [0.15, 0.2) is 0 Å². The first-order chi connectivity index (χ1) is 22.1. The van der Waals surface area contributed by atoms with E-state index in [1.165, 1.54) is 44.1 Å². The fraction of sp³-hybridized carbons (Fsp3) is 0.861. The number of anilines is 1. The zero-order chi connectivity index (χ0) is 32.4. The molecule has 5 aliphatic rings. The van der Waals surface area contributed by atoms with Crippen molar-refractivity contribution in [1.82, 2.24) is 24.7 Å². The van der Waals surface area contributed by atoms with Crippen molar-refractivity contribution < 1.29 is 19.0 Å². The lowest BCUT2D eigenvalue weighted by molar-refractivity contribution is 0.00548. The number of ether oxygens (including phenoxy) is 3. The van der Waals surface area contributed by atoms with E-state index in [4.69, 9.17) is 24.2 Å². The molecule has 10 heteroatoms. The molecule has 4 fully saturated rings. The summed E-state index contributed by atoms with van der Waals surface area (Å²) in [4.78, 5) is 32.9. The van der Waals surface area contributed by atoms with Gasteiger partial charge in [0.05, 0.1) is 37.6 Å². The number of morpholine rings is 1. The Labute approximate surface area is 277 Å². The number of hydrogen-bond donors (Lipinski definition) is 0. The minimum atomic E-state index is -0.521. The van der Waals surface area contributed by atoms with Crippen molar-refractivity contribution in [2.45, 2.75) is 123 Å². The monoisotopic (exact) mass is 640 g/mol. The van der Waals surface area contributed by atoms with Gasteiger partial charge in [-0.15, -0.1) is 0 Å². The number of aromatic nitrogens is 2. The van der Waals surface area contributed by atoms with Crippen molar-refractivity contribution >= 4 is 11.9 Å². The van der Waals surface area contributed by atoms with Gasteiger partial charge in [0, 0.05) is 57.4 Å². The van der Waals surface area contributed by atoms with Crippen LogP contribution in [0.1, 0.15) is 97.7 Å². The molecule has 4 unspecified atom stereocenters. The van der Waals surface area contributed by atoms with E-state index in [9.17, 15) is 4.79 Å². The smallest absolute Gasteiger partial charge is 0.410 e. The molecule has 258 valence electrons. The highest BCUT2D eigenvalue weighted by molar-refractivity contribution is 5.70. The number of piperazine rings is 1. The number of rotatable bonds is 7. The van der Waals surface area contributed by atoms with Gasteiger partial charge in [0.2, 0.25) is 0 Å². The Bertz CT molecular complexity index is 1170. The Morgan fingerprint density at radius 3 is 2.46 bits per heavy atom. The summed E-state index contributed by atoms with van der Waals surface area (Å²) in [6.07, 6.45) is 9.96. The summed E-state index contributed by atoms with van der Waals surface area (Å²) in [6.45, 7) is 21.0. The summed E-state index contributed by atoms with van der Waals surface area (Å²) in [5.74, 6) is 3.51. The normalized spacial score (nSPS) is 31.3. The molecule has 1 aromatic rings. The first kappa shape index (κ1) is 33.7. The molecule has 0 N–H and O–H groups in total. The van der Waals surface area contributed by atoms with Gasteiger partial charge >= 0.3 is 12.1 Å². The van der Waals surface area contributed by atoms with Gasteiger partial charge in [-0.1, -0.05) is 26.2 Å². The lowest BCUT2D eigenvalue weighted by Gasteiger charge is -2.49. The average Bonchev–Trinajstić information content (AvgIpc) is 3.01. The first-order valence-electron chi connectivity index (χ1n) is 18.4. The highest BCUT2D eigenvalue weighted by Gasteiger charge is 2.42. The van der Waals surface area contributed by atoms with Crippen molar-refractivity contribution in [2.24, 2.45) is 17.8 Å². The Hall–Kier alpha value is -2.17. The maximum atomic E-state index is 13.2. The van der Waals surface area contributed by atoms with Crippen LogP contribution >= 0.6 is 0 Å². The van der Waals surface area contributed by atoms with Crippen molar-refractivity contribution in [3.63, 3.8) is 0 Å². The third-order valence-electron chi connectivity index (χ3n) is 11.1. The van der Waals surface area contributed by atoms with E-state index < -0.39 is 5.60 Å². The van der Waals surface area contributed by atoms with Gasteiger partial charge in [-0.05, 0) is 84.5 Å². The lowest BCUT2D eigenvalue weighted by atomic mass is 9.65. The maximum Gasteiger partial charge on any atom is 0.410 e. The zero-order valence-electron chi connectivity index (χ0n) is 29.5.